The molecule has 1 aromatic carbocycles. The van der Waals surface area contributed by atoms with Gasteiger partial charge in [-0.1, -0.05) is 30.3 Å². The predicted octanol–water partition coefficient (Wildman–Crippen LogP) is -0.299. The summed E-state index contributed by atoms with van der Waals surface area (Å²) in [5.74, 6) is -2.62. The highest BCUT2D eigenvalue weighted by atomic mass is 16.3. The lowest BCUT2D eigenvalue weighted by atomic mass is 10.1. The molecule has 1 aliphatic heterocycles. The molecule has 0 aliphatic carbocycles. The van der Waals surface area contributed by atoms with Gasteiger partial charge in [0.2, 0.25) is 5.91 Å². The summed E-state index contributed by atoms with van der Waals surface area (Å²) in [6.45, 7) is 0.113. The van der Waals surface area contributed by atoms with Crippen LogP contribution in [0.4, 0.5) is 0 Å². The summed E-state index contributed by atoms with van der Waals surface area (Å²) in [7, 11) is 2.78. The summed E-state index contributed by atoms with van der Waals surface area (Å²) in [6, 6.07) is 7.87. The number of amides is 3. The summed E-state index contributed by atoms with van der Waals surface area (Å²) in [5, 5.41) is 14.7. The first-order valence-corrected chi connectivity index (χ1v) is 6.73. The van der Waals surface area contributed by atoms with E-state index in [1.54, 1.807) is 24.3 Å². The summed E-state index contributed by atoms with van der Waals surface area (Å²) in [6.07, 6.45) is 0. The number of benzene rings is 1. The number of likely N-dealkylation sites (N-methyl/N-ethyl adjacent to an activating group) is 2. The Labute approximate surface area is 127 Å². The lowest BCUT2D eigenvalue weighted by molar-refractivity contribution is -0.136. The van der Waals surface area contributed by atoms with Gasteiger partial charge < -0.3 is 20.6 Å². The molecule has 0 fully saturated rings. The Morgan fingerprint density at radius 1 is 1.18 bits per heavy atom. The van der Waals surface area contributed by atoms with Crippen molar-refractivity contribution in [1.82, 2.24) is 15.5 Å². The smallest absolute Gasteiger partial charge is 0.290 e. The molecule has 7 nitrogen and oxygen atoms in total. The molecule has 1 aromatic rings. The van der Waals surface area contributed by atoms with Crippen LogP contribution in [0.1, 0.15) is 5.56 Å². The summed E-state index contributed by atoms with van der Waals surface area (Å²) in [4.78, 5) is 37.4. The van der Waals surface area contributed by atoms with Gasteiger partial charge >= 0.3 is 0 Å². The van der Waals surface area contributed by atoms with E-state index in [-0.39, 0.29) is 12.1 Å². The van der Waals surface area contributed by atoms with Gasteiger partial charge in [-0.05, 0) is 5.56 Å². The normalized spacial score (nSPS) is 17.6. The maximum atomic E-state index is 12.2. The molecule has 1 unspecified atom stereocenters. The summed E-state index contributed by atoms with van der Waals surface area (Å²) >= 11 is 0. The molecular weight excluding hydrogens is 286 g/mol. The summed E-state index contributed by atoms with van der Waals surface area (Å²) in [5.41, 5.74) is 0.554. The quantitative estimate of drug-likeness (QED) is 0.711. The van der Waals surface area contributed by atoms with Crippen molar-refractivity contribution in [2.75, 3.05) is 14.1 Å². The molecule has 2 rings (SSSR count). The first-order valence-electron chi connectivity index (χ1n) is 6.73. The fourth-order valence-electron chi connectivity index (χ4n) is 2.37. The summed E-state index contributed by atoms with van der Waals surface area (Å²) < 4.78 is 0. The molecule has 0 saturated heterocycles. The zero-order chi connectivity index (χ0) is 16.3. The first kappa shape index (κ1) is 15.6. The maximum absolute atomic E-state index is 12.2. The number of aliphatic hydroxyl groups excluding tert-OH is 1. The Hall–Kier alpha value is -2.83. The largest absolute Gasteiger partial charge is 0.503 e. The van der Waals surface area contributed by atoms with Gasteiger partial charge in [0.05, 0.1) is 5.57 Å². The van der Waals surface area contributed by atoms with Crippen LogP contribution < -0.4 is 10.6 Å². The van der Waals surface area contributed by atoms with Crippen LogP contribution in [0.5, 0.6) is 0 Å². The van der Waals surface area contributed by atoms with Crippen molar-refractivity contribution in [2.24, 2.45) is 0 Å². The highest BCUT2D eigenvalue weighted by molar-refractivity contribution is 6.13. The van der Waals surface area contributed by atoms with Crippen molar-refractivity contribution in [3.05, 3.63) is 47.2 Å². The average molecular weight is 303 g/mol. The van der Waals surface area contributed by atoms with E-state index >= 15 is 0 Å². The molecule has 3 N–H and O–H groups in total. The second kappa shape index (κ2) is 6.30. The zero-order valence-electron chi connectivity index (χ0n) is 12.3. The molecule has 0 bridgehead atoms. The number of aliphatic hydroxyl groups is 1. The van der Waals surface area contributed by atoms with E-state index in [9.17, 15) is 19.5 Å². The minimum Gasteiger partial charge on any atom is -0.503 e. The molecule has 0 radical (unpaired) electrons. The number of rotatable bonds is 4. The highest BCUT2D eigenvalue weighted by Gasteiger charge is 2.46. The van der Waals surface area contributed by atoms with Crippen LogP contribution >= 0.6 is 0 Å². The van der Waals surface area contributed by atoms with Crippen LogP contribution in [-0.4, -0.2) is 47.9 Å². The standard InChI is InChI=1S/C15H17N3O4/c1-16-13(20)10-11(14(21)17-2)18(15(22)12(10)19)8-9-6-4-3-5-7-9/h3-7,11,19H,8H2,1-2H3,(H,16,20)(H,17,21). The lowest BCUT2D eigenvalue weighted by Crippen LogP contribution is -2.47. The van der Waals surface area contributed by atoms with Gasteiger partial charge in [-0.2, -0.15) is 0 Å². The third-order valence-electron chi connectivity index (χ3n) is 3.47. The number of carbonyl (C=O) groups is 3. The zero-order valence-corrected chi connectivity index (χ0v) is 12.3. The minimum absolute atomic E-state index is 0.113. The van der Waals surface area contributed by atoms with Gasteiger partial charge in [-0.25, -0.2) is 0 Å². The lowest BCUT2D eigenvalue weighted by Gasteiger charge is -2.24. The van der Waals surface area contributed by atoms with Crippen molar-refractivity contribution in [1.29, 1.82) is 0 Å². The number of hydrogen-bond donors (Lipinski definition) is 3. The Balaban J connectivity index is 2.39. The maximum Gasteiger partial charge on any atom is 0.290 e. The van der Waals surface area contributed by atoms with E-state index in [1.165, 1.54) is 19.0 Å². The molecule has 0 spiro atoms. The van der Waals surface area contributed by atoms with E-state index in [0.717, 1.165) is 5.56 Å². The van der Waals surface area contributed by atoms with Gasteiger partial charge in [-0.15, -0.1) is 0 Å². The molecule has 7 heteroatoms. The molecule has 3 amide bonds. The van der Waals surface area contributed by atoms with Crippen molar-refractivity contribution >= 4 is 17.7 Å². The van der Waals surface area contributed by atoms with E-state index in [4.69, 9.17) is 0 Å². The fraction of sp³-hybridized carbons (Fsp3) is 0.267. The van der Waals surface area contributed by atoms with Crippen LogP contribution in [0, 0.1) is 0 Å². The molecule has 0 aromatic heterocycles. The molecule has 1 aliphatic rings. The SMILES string of the molecule is CNC(=O)C1=C(O)C(=O)N(Cc2ccccc2)C1C(=O)NC. The number of nitrogens with zero attached hydrogens (tertiary/aromatic N) is 1. The number of nitrogens with one attached hydrogen (secondary N) is 2. The molecule has 22 heavy (non-hydrogen) atoms. The molecule has 1 atom stereocenters. The number of hydrogen-bond acceptors (Lipinski definition) is 4. The van der Waals surface area contributed by atoms with E-state index < -0.39 is 29.5 Å². The van der Waals surface area contributed by atoms with Crippen LogP contribution in [0.3, 0.4) is 0 Å². The minimum atomic E-state index is -1.15. The molecule has 116 valence electrons. The van der Waals surface area contributed by atoms with E-state index in [1.807, 2.05) is 6.07 Å². The van der Waals surface area contributed by atoms with Crippen LogP contribution in [0.2, 0.25) is 0 Å². The molecule has 1 heterocycles. The van der Waals surface area contributed by atoms with Crippen molar-refractivity contribution < 1.29 is 19.5 Å². The Bertz CT molecular complexity index is 639. The van der Waals surface area contributed by atoms with Gasteiger partial charge in [0.15, 0.2) is 5.76 Å². The number of carbonyl (C=O) groups excluding carboxylic acids is 3. The van der Waals surface area contributed by atoms with E-state index in [0.29, 0.717) is 0 Å². The fourth-order valence-corrected chi connectivity index (χ4v) is 2.37. The monoisotopic (exact) mass is 303 g/mol. The van der Waals surface area contributed by atoms with Crippen LogP contribution in [0.25, 0.3) is 0 Å². The van der Waals surface area contributed by atoms with Crippen molar-refractivity contribution in [3.8, 4) is 0 Å². The third kappa shape index (κ3) is 2.65. The predicted molar refractivity (Wildman–Crippen MR) is 78.6 cm³/mol. The van der Waals surface area contributed by atoms with Gasteiger partial charge in [0.1, 0.15) is 6.04 Å². The average Bonchev–Trinajstić information content (AvgIpc) is 2.79. The second-order valence-corrected chi connectivity index (χ2v) is 4.78. The van der Waals surface area contributed by atoms with Gasteiger partial charge in [-0.3, -0.25) is 14.4 Å². The van der Waals surface area contributed by atoms with Crippen molar-refractivity contribution in [2.45, 2.75) is 12.6 Å². The van der Waals surface area contributed by atoms with Crippen LogP contribution in [-0.2, 0) is 20.9 Å². The Kier molecular flexibility index (Phi) is 4.45. The van der Waals surface area contributed by atoms with Crippen molar-refractivity contribution in [3.63, 3.8) is 0 Å². The van der Waals surface area contributed by atoms with Gasteiger partial charge in [0.25, 0.3) is 11.8 Å². The topological polar surface area (TPSA) is 98.7 Å². The van der Waals surface area contributed by atoms with Crippen LogP contribution in [0.15, 0.2) is 41.7 Å². The first-order chi connectivity index (χ1) is 10.5. The van der Waals surface area contributed by atoms with E-state index in [2.05, 4.69) is 10.6 Å². The molecule has 0 saturated carbocycles. The van der Waals surface area contributed by atoms with Gasteiger partial charge in [0, 0.05) is 20.6 Å². The molecular formula is C15H17N3O4. The third-order valence-corrected chi connectivity index (χ3v) is 3.47. The Morgan fingerprint density at radius 2 is 1.82 bits per heavy atom. The highest BCUT2D eigenvalue weighted by Crippen LogP contribution is 2.27. The second-order valence-electron chi connectivity index (χ2n) is 4.78. The Morgan fingerprint density at radius 3 is 2.36 bits per heavy atom.